The number of nitriles is 1. The zero-order valence-corrected chi connectivity index (χ0v) is 9.96. The minimum absolute atomic E-state index is 0.0669. The van der Waals surface area contributed by atoms with Crippen LogP contribution >= 0.6 is 0 Å². The third kappa shape index (κ3) is 1.87. The molecule has 0 aromatic heterocycles. The third-order valence-electron chi connectivity index (χ3n) is 2.88. The SMILES string of the molecule is CC1Nc2cc(F)ccc2S(=O)(=O)C1CC#N. The van der Waals surface area contributed by atoms with E-state index in [1.54, 1.807) is 6.92 Å². The van der Waals surface area contributed by atoms with E-state index in [4.69, 9.17) is 5.26 Å². The van der Waals surface area contributed by atoms with Crippen LogP contribution in [0.25, 0.3) is 0 Å². The lowest BCUT2D eigenvalue weighted by Gasteiger charge is -2.30. The number of benzene rings is 1. The van der Waals surface area contributed by atoms with Crippen LogP contribution < -0.4 is 5.32 Å². The van der Waals surface area contributed by atoms with E-state index in [1.807, 2.05) is 6.07 Å². The van der Waals surface area contributed by atoms with Crippen LogP contribution in [0.1, 0.15) is 13.3 Å². The highest BCUT2D eigenvalue weighted by atomic mass is 32.2. The van der Waals surface area contributed by atoms with Gasteiger partial charge in [-0.15, -0.1) is 0 Å². The van der Waals surface area contributed by atoms with E-state index in [-0.39, 0.29) is 17.0 Å². The fraction of sp³-hybridized carbons (Fsp3) is 0.364. The first-order valence-electron chi connectivity index (χ1n) is 5.13. The van der Waals surface area contributed by atoms with Crippen molar-refractivity contribution in [1.29, 1.82) is 5.26 Å². The van der Waals surface area contributed by atoms with Crippen molar-refractivity contribution in [1.82, 2.24) is 0 Å². The Morgan fingerprint density at radius 2 is 2.24 bits per heavy atom. The molecule has 6 heteroatoms. The van der Waals surface area contributed by atoms with Crippen LogP contribution in [0.15, 0.2) is 23.1 Å². The zero-order valence-electron chi connectivity index (χ0n) is 9.14. The van der Waals surface area contributed by atoms with Crippen molar-refractivity contribution >= 4 is 15.5 Å². The highest BCUT2D eigenvalue weighted by Crippen LogP contribution is 2.34. The summed E-state index contributed by atoms with van der Waals surface area (Å²) in [6, 6.07) is 4.97. The van der Waals surface area contributed by atoms with E-state index in [0.29, 0.717) is 0 Å². The number of rotatable bonds is 1. The second kappa shape index (κ2) is 4.00. The van der Waals surface area contributed by atoms with Gasteiger partial charge in [0.2, 0.25) is 0 Å². The Bertz CT molecular complexity index is 592. The molecule has 0 fully saturated rings. The zero-order chi connectivity index (χ0) is 12.6. The number of hydrogen-bond donors (Lipinski definition) is 1. The molecule has 1 aromatic rings. The van der Waals surface area contributed by atoms with E-state index in [2.05, 4.69) is 5.32 Å². The highest BCUT2D eigenvalue weighted by molar-refractivity contribution is 7.92. The van der Waals surface area contributed by atoms with Gasteiger partial charge in [0, 0.05) is 6.04 Å². The number of hydrogen-bond acceptors (Lipinski definition) is 4. The molecule has 0 radical (unpaired) electrons. The Balaban J connectivity index is 2.58. The fourth-order valence-corrected chi connectivity index (χ4v) is 3.92. The summed E-state index contributed by atoms with van der Waals surface area (Å²) in [7, 11) is -3.56. The van der Waals surface area contributed by atoms with Gasteiger partial charge in [-0.1, -0.05) is 0 Å². The van der Waals surface area contributed by atoms with Crippen LogP contribution in [0.2, 0.25) is 0 Å². The third-order valence-corrected chi connectivity index (χ3v) is 5.22. The van der Waals surface area contributed by atoms with Gasteiger partial charge in [-0.05, 0) is 25.1 Å². The van der Waals surface area contributed by atoms with Crippen molar-refractivity contribution in [2.45, 2.75) is 29.5 Å². The molecule has 1 aliphatic rings. The minimum Gasteiger partial charge on any atom is -0.380 e. The first-order chi connectivity index (χ1) is 7.96. The molecule has 0 amide bonds. The van der Waals surface area contributed by atoms with Crippen LogP contribution in [0.4, 0.5) is 10.1 Å². The van der Waals surface area contributed by atoms with E-state index in [1.165, 1.54) is 6.07 Å². The first-order valence-corrected chi connectivity index (χ1v) is 6.68. The molecule has 0 saturated heterocycles. The van der Waals surface area contributed by atoms with Gasteiger partial charge in [0.25, 0.3) is 0 Å². The molecule has 1 aliphatic heterocycles. The maximum Gasteiger partial charge on any atom is 0.186 e. The number of nitrogens with zero attached hydrogens (tertiary/aromatic N) is 1. The Morgan fingerprint density at radius 3 is 2.88 bits per heavy atom. The molecular formula is C11H11FN2O2S. The molecule has 17 heavy (non-hydrogen) atoms. The highest BCUT2D eigenvalue weighted by Gasteiger charge is 2.38. The van der Waals surface area contributed by atoms with Gasteiger partial charge < -0.3 is 5.32 Å². The standard InChI is InChI=1S/C11H11FN2O2S/c1-7-10(4-5-13)17(15,16)11-3-2-8(12)6-9(11)14-7/h2-3,6-7,10,14H,4H2,1H3. The van der Waals surface area contributed by atoms with E-state index < -0.39 is 26.9 Å². The average molecular weight is 254 g/mol. The Kier molecular flexibility index (Phi) is 2.79. The second-order valence-corrected chi connectivity index (χ2v) is 6.15. The van der Waals surface area contributed by atoms with Crippen LogP contribution in [-0.4, -0.2) is 19.7 Å². The lowest BCUT2D eigenvalue weighted by molar-refractivity contribution is 0.559. The topological polar surface area (TPSA) is 70.0 Å². The lowest BCUT2D eigenvalue weighted by Crippen LogP contribution is -2.41. The molecule has 2 rings (SSSR count). The largest absolute Gasteiger partial charge is 0.380 e. The molecule has 1 aromatic carbocycles. The van der Waals surface area contributed by atoms with Crippen LogP contribution in [0.5, 0.6) is 0 Å². The van der Waals surface area contributed by atoms with E-state index in [9.17, 15) is 12.8 Å². The van der Waals surface area contributed by atoms with Gasteiger partial charge in [0.15, 0.2) is 9.84 Å². The summed E-state index contributed by atoms with van der Waals surface area (Å²) in [6.45, 7) is 1.67. The van der Waals surface area contributed by atoms with Crippen molar-refractivity contribution in [2.75, 3.05) is 5.32 Å². The molecule has 0 bridgehead atoms. The summed E-state index contributed by atoms with van der Waals surface area (Å²) in [4.78, 5) is 0.0669. The maximum absolute atomic E-state index is 13.0. The first kappa shape index (κ1) is 11.9. The van der Waals surface area contributed by atoms with Gasteiger partial charge in [-0.25, -0.2) is 12.8 Å². The predicted molar refractivity (Wildman–Crippen MR) is 60.7 cm³/mol. The maximum atomic E-state index is 13.0. The summed E-state index contributed by atoms with van der Waals surface area (Å²) >= 11 is 0. The number of anilines is 1. The van der Waals surface area contributed by atoms with Crippen molar-refractivity contribution < 1.29 is 12.8 Å². The average Bonchev–Trinajstić information content (AvgIpc) is 2.23. The van der Waals surface area contributed by atoms with Gasteiger partial charge in [-0.2, -0.15) is 5.26 Å². The number of halogens is 1. The minimum atomic E-state index is -3.56. The molecular weight excluding hydrogens is 243 g/mol. The predicted octanol–water partition coefficient (Wildman–Crippen LogP) is 1.70. The van der Waals surface area contributed by atoms with Crippen molar-refractivity contribution in [3.05, 3.63) is 24.0 Å². The molecule has 0 spiro atoms. The Hall–Kier alpha value is -1.61. The van der Waals surface area contributed by atoms with Crippen molar-refractivity contribution in [3.8, 4) is 6.07 Å². The van der Waals surface area contributed by atoms with Gasteiger partial charge in [0.1, 0.15) is 5.82 Å². The summed E-state index contributed by atoms with van der Waals surface area (Å²) in [5, 5.41) is 10.8. The molecule has 0 aliphatic carbocycles. The summed E-state index contributed by atoms with van der Waals surface area (Å²) in [5.41, 5.74) is 0.270. The molecule has 1 heterocycles. The lowest BCUT2D eigenvalue weighted by atomic mass is 10.1. The normalized spacial score (nSPS) is 25.5. The quantitative estimate of drug-likeness (QED) is 0.774. The monoisotopic (exact) mass is 254 g/mol. The Morgan fingerprint density at radius 1 is 1.53 bits per heavy atom. The van der Waals surface area contributed by atoms with Crippen LogP contribution in [-0.2, 0) is 9.84 Å². The molecule has 1 N–H and O–H groups in total. The second-order valence-electron chi connectivity index (χ2n) is 4.02. The van der Waals surface area contributed by atoms with Gasteiger partial charge >= 0.3 is 0 Å². The fourth-order valence-electron chi connectivity index (χ4n) is 2.01. The molecule has 0 saturated carbocycles. The van der Waals surface area contributed by atoms with E-state index >= 15 is 0 Å². The van der Waals surface area contributed by atoms with Gasteiger partial charge in [-0.3, -0.25) is 0 Å². The summed E-state index contributed by atoms with van der Waals surface area (Å²) in [6.07, 6.45) is -0.0761. The van der Waals surface area contributed by atoms with E-state index in [0.717, 1.165) is 12.1 Å². The summed E-state index contributed by atoms with van der Waals surface area (Å²) < 4.78 is 37.4. The number of fused-ring (bicyclic) bond motifs is 1. The van der Waals surface area contributed by atoms with Crippen LogP contribution in [0, 0.1) is 17.1 Å². The van der Waals surface area contributed by atoms with Gasteiger partial charge in [0.05, 0.1) is 28.3 Å². The summed E-state index contributed by atoms with van der Waals surface area (Å²) in [5.74, 6) is -0.489. The molecule has 2 unspecified atom stereocenters. The molecule has 2 atom stereocenters. The number of nitrogens with one attached hydrogen (secondary N) is 1. The van der Waals surface area contributed by atoms with Crippen LogP contribution in [0.3, 0.4) is 0 Å². The molecule has 90 valence electrons. The number of sulfone groups is 1. The van der Waals surface area contributed by atoms with Crippen molar-refractivity contribution in [2.24, 2.45) is 0 Å². The van der Waals surface area contributed by atoms with Crippen molar-refractivity contribution in [3.63, 3.8) is 0 Å². The molecule has 4 nitrogen and oxygen atoms in total. The Labute approximate surface area is 99.0 Å². The smallest absolute Gasteiger partial charge is 0.186 e.